The molecule has 1 aromatic rings. The molecule has 17 heavy (non-hydrogen) atoms. The molecule has 4 heteroatoms. The molecule has 0 atom stereocenters. The van der Waals surface area contributed by atoms with Gasteiger partial charge in [0.2, 0.25) is 0 Å². The minimum atomic E-state index is -0.226. The highest BCUT2D eigenvalue weighted by molar-refractivity contribution is 5.90. The summed E-state index contributed by atoms with van der Waals surface area (Å²) in [5, 5.41) is 4.11. The molecule has 0 aliphatic heterocycles. The third-order valence-corrected chi connectivity index (χ3v) is 3.93. The van der Waals surface area contributed by atoms with Gasteiger partial charge in [0.25, 0.3) is 0 Å². The van der Waals surface area contributed by atoms with Crippen molar-refractivity contribution in [2.24, 2.45) is 7.05 Å². The molecule has 4 nitrogen and oxygen atoms in total. The molecule has 2 rings (SSSR count). The van der Waals surface area contributed by atoms with Crippen LogP contribution < -0.4 is 0 Å². The molecule has 1 aliphatic rings. The van der Waals surface area contributed by atoms with Gasteiger partial charge in [-0.2, -0.15) is 5.10 Å². The SMILES string of the molecule is CN(C)C1(C(=O)Cc2cnn(C)c2)CCCC1. The average molecular weight is 235 g/mol. The summed E-state index contributed by atoms with van der Waals surface area (Å²) in [4.78, 5) is 14.6. The van der Waals surface area contributed by atoms with Crippen molar-refractivity contribution in [2.75, 3.05) is 14.1 Å². The summed E-state index contributed by atoms with van der Waals surface area (Å²) in [6.45, 7) is 0. The summed E-state index contributed by atoms with van der Waals surface area (Å²) in [6, 6.07) is 0. The number of carbonyl (C=O) groups excluding carboxylic acids is 1. The van der Waals surface area contributed by atoms with Gasteiger partial charge in [-0.3, -0.25) is 14.4 Å². The van der Waals surface area contributed by atoms with E-state index in [-0.39, 0.29) is 5.54 Å². The Kier molecular flexibility index (Phi) is 3.33. The monoisotopic (exact) mass is 235 g/mol. The fourth-order valence-corrected chi connectivity index (χ4v) is 2.85. The van der Waals surface area contributed by atoms with Gasteiger partial charge in [-0.1, -0.05) is 12.8 Å². The minimum absolute atomic E-state index is 0.226. The molecule has 0 spiro atoms. The normalized spacial score (nSPS) is 18.8. The summed E-state index contributed by atoms with van der Waals surface area (Å²) >= 11 is 0. The Hall–Kier alpha value is -1.16. The van der Waals surface area contributed by atoms with Gasteiger partial charge in [-0.05, 0) is 32.5 Å². The minimum Gasteiger partial charge on any atom is -0.297 e. The lowest BCUT2D eigenvalue weighted by Crippen LogP contribution is -2.49. The average Bonchev–Trinajstić information content (AvgIpc) is 2.87. The lowest BCUT2D eigenvalue weighted by molar-refractivity contribution is -0.128. The summed E-state index contributed by atoms with van der Waals surface area (Å²) in [6.07, 6.45) is 8.55. The van der Waals surface area contributed by atoms with Gasteiger partial charge in [0, 0.05) is 19.7 Å². The van der Waals surface area contributed by atoms with Crippen LogP contribution in [0.5, 0.6) is 0 Å². The number of carbonyl (C=O) groups is 1. The van der Waals surface area contributed by atoms with Crippen molar-refractivity contribution in [2.45, 2.75) is 37.6 Å². The summed E-state index contributed by atoms with van der Waals surface area (Å²) in [5.41, 5.74) is 0.793. The Balaban J connectivity index is 2.12. The number of aromatic nitrogens is 2. The zero-order chi connectivity index (χ0) is 12.5. The molecule has 1 aliphatic carbocycles. The largest absolute Gasteiger partial charge is 0.297 e. The van der Waals surface area contributed by atoms with Crippen LogP contribution in [0.2, 0.25) is 0 Å². The first kappa shape index (κ1) is 12.3. The summed E-state index contributed by atoms with van der Waals surface area (Å²) in [7, 11) is 5.92. The van der Waals surface area contributed by atoms with Crippen molar-refractivity contribution in [3.63, 3.8) is 0 Å². The first-order valence-corrected chi connectivity index (χ1v) is 6.23. The van der Waals surface area contributed by atoms with Crippen LogP contribution >= 0.6 is 0 Å². The maximum absolute atomic E-state index is 12.5. The van der Waals surface area contributed by atoms with E-state index in [2.05, 4.69) is 10.00 Å². The summed E-state index contributed by atoms with van der Waals surface area (Å²) in [5.74, 6) is 0.341. The molecular weight excluding hydrogens is 214 g/mol. The number of hydrogen-bond donors (Lipinski definition) is 0. The van der Waals surface area contributed by atoms with Gasteiger partial charge in [-0.15, -0.1) is 0 Å². The fraction of sp³-hybridized carbons (Fsp3) is 0.692. The molecular formula is C13H21N3O. The number of hydrogen-bond acceptors (Lipinski definition) is 3. The maximum Gasteiger partial charge on any atom is 0.157 e. The van der Waals surface area contributed by atoms with E-state index in [9.17, 15) is 4.79 Å². The third kappa shape index (κ3) is 2.27. The van der Waals surface area contributed by atoms with Crippen LogP contribution in [-0.2, 0) is 18.3 Å². The van der Waals surface area contributed by atoms with Crippen molar-refractivity contribution in [1.82, 2.24) is 14.7 Å². The molecule has 0 amide bonds. The van der Waals surface area contributed by atoms with Crippen molar-refractivity contribution in [3.8, 4) is 0 Å². The van der Waals surface area contributed by atoms with E-state index < -0.39 is 0 Å². The van der Waals surface area contributed by atoms with E-state index >= 15 is 0 Å². The first-order valence-electron chi connectivity index (χ1n) is 6.23. The van der Waals surface area contributed by atoms with Crippen LogP contribution in [0.15, 0.2) is 12.4 Å². The lowest BCUT2D eigenvalue weighted by atomic mass is 9.87. The molecule has 0 aromatic carbocycles. The number of aryl methyl sites for hydroxylation is 1. The lowest BCUT2D eigenvalue weighted by Gasteiger charge is -2.34. The number of ketones is 1. The molecule has 0 radical (unpaired) electrons. The van der Waals surface area contributed by atoms with Crippen molar-refractivity contribution in [1.29, 1.82) is 0 Å². The molecule has 1 saturated carbocycles. The highest BCUT2D eigenvalue weighted by Crippen LogP contribution is 2.35. The van der Waals surface area contributed by atoms with Gasteiger partial charge >= 0.3 is 0 Å². The highest BCUT2D eigenvalue weighted by Gasteiger charge is 2.42. The van der Waals surface area contributed by atoms with E-state index in [1.807, 2.05) is 27.3 Å². The van der Waals surface area contributed by atoms with Crippen molar-refractivity contribution < 1.29 is 4.79 Å². The molecule has 1 aromatic heterocycles. The van der Waals surface area contributed by atoms with Crippen molar-refractivity contribution in [3.05, 3.63) is 18.0 Å². The van der Waals surface area contributed by atoms with Crippen LogP contribution in [0, 0.1) is 0 Å². The molecule has 1 heterocycles. The van der Waals surface area contributed by atoms with Gasteiger partial charge in [0.15, 0.2) is 5.78 Å². The van der Waals surface area contributed by atoms with Gasteiger partial charge < -0.3 is 0 Å². The predicted octanol–water partition coefficient (Wildman–Crippen LogP) is 1.41. The number of Topliss-reactive ketones (excluding diaryl/α,β-unsaturated/α-hetero) is 1. The smallest absolute Gasteiger partial charge is 0.157 e. The van der Waals surface area contributed by atoms with Crippen LogP contribution in [-0.4, -0.2) is 40.1 Å². The molecule has 0 bridgehead atoms. The van der Waals surface area contributed by atoms with E-state index in [1.54, 1.807) is 10.9 Å². The molecule has 1 fully saturated rings. The van der Waals surface area contributed by atoms with Crippen molar-refractivity contribution >= 4 is 5.78 Å². The van der Waals surface area contributed by atoms with E-state index in [4.69, 9.17) is 0 Å². The van der Waals surface area contributed by atoms with Crippen LogP contribution in [0.25, 0.3) is 0 Å². The highest BCUT2D eigenvalue weighted by atomic mass is 16.1. The topological polar surface area (TPSA) is 38.1 Å². The third-order valence-electron chi connectivity index (χ3n) is 3.93. The summed E-state index contributed by atoms with van der Waals surface area (Å²) < 4.78 is 1.75. The van der Waals surface area contributed by atoms with Crippen LogP contribution in [0.4, 0.5) is 0 Å². The van der Waals surface area contributed by atoms with Gasteiger partial charge in [0.05, 0.1) is 11.7 Å². The quantitative estimate of drug-likeness (QED) is 0.792. The Labute approximate surface area is 103 Å². The molecule has 0 unspecified atom stereocenters. The van der Waals surface area contributed by atoms with Crippen LogP contribution in [0.3, 0.4) is 0 Å². The zero-order valence-electron chi connectivity index (χ0n) is 10.9. The molecule has 0 N–H and O–H groups in total. The second kappa shape index (κ2) is 4.61. The first-order chi connectivity index (χ1) is 8.04. The second-order valence-electron chi connectivity index (χ2n) is 5.26. The van der Waals surface area contributed by atoms with Crippen LogP contribution in [0.1, 0.15) is 31.2 Å². The Bertz CT molecular complexity index is 403. The second-order valence-corrected chi connectivity index (χ2v) is 5.26. The molecule has 94 valence electrons. The van der Waals surface area contributed by atoms with Gasteiger partial charge in [0.1, 0.15) is 0 Å². The number of nitrogens with zero attached hydrogens (tertiary/aromatic N) is 3. The predicted molar refractivity (Wildman–Crippen MR) is 66.8 cm³/mol. The number of likely N-dealkylation sites (N-methyl/N-ethyl adjacent to an activating group) is 1. The van der Waals surface area contributed by atoms with Gasteiger partial charge in [-0.25, -0.2) is 0 Å². The van der Waals surface area contributed by atoms with E-state index in [1.165, 1.54) is 0 Å². The Morgan fingerprint density at radius 2 is 2.12 bits per heavy atom. The Morgan fingerprint density at radius 1 is 1.47 bits per heavy atom. The van der Waals surface area contributed by atoms with E-state index in [0.717, 1.165) is 31.2 Å². The maximum atomic E-state index is 12.5. The van der Waals surface area contributed by atoms with E-state index in [0.29, 0.717) is 12.2 Å². The molecule has 0 saturated heterocycles. The standard InChI is InChI=1S/C13H21N3O/c1-15(2)13(6-4-5-7-13)12(17)8-11-9-14-16(3)10-11/h9-10H,4-8H2,1-3H3. The number of rotatable bonds is 4. The Morgan fingerprint density at radius 3 is 2.59 bits per heavy atom. The fourth-order valence-electron chi connectivity index (χ4n) is 2.85. The zero-order valence-corrected chi connectivity index (χ0v) is 10.9.